The van der Waals surface area contributed by atoms with Gasteiger partial charge in [0.2, 0.25) is 0 Å². The summed E-state index contributed by atoms with van der Waals surface area (Å²) in [7, 11) is 0. The molecule has 4 aromatic rings. The van der Waals surface area contributed by atoms with Crippen LogP contribution in [0.2, 0.25) is 0 Å². The molecule has 0 unspecified atom stereocenters. The molecule has 0 N–H and O–H groups in total. The number of carbonyl (C=O) groups is 1. The SMILES string of the molecule is Cc1ccc2cc(CN(C(=O)c3ccco3)C3CCCCC3)c3nnnn3c2c1C. The molecule has 7 heteroatoms. The van der Waals surface area contributed by atoms with Gasteiger partial charge in [0.25, 0.3) is 5.91 Å². The standard InChI is InChI=1S/C23H25N5O2/c1-15-10-11-17-13-18(22-24-25-26-28(22)21(17)16(15)2)14-27(19-7-4-3-5-8-19)23(29)20-9-6-12-30-20/h6,9-13,19H,3-5,7-8,14H2,1-2H3. The van der Waals surface area contributed by atoms with Crippen LogP contribution in [0.3, 0.4) is 0 Å². The van der Waals surface area contributed by atoms with Gasteiger partial charge in [-0.1, -0.05) is 31.4 Å². The summed E-state index contributed by atoms with van der Waals surface area (Å²) in [6.07, 6.45) is 7.09. The maximum atomic E-state index is 13.3. The van der Waals surface area contributed by atoms with Crippen molar-refractivity contribution < 1.29 is 9.21 Å². The highest BCUT2D eigenvalue weighted by molar-refractivity contribution is 5.92. The van der Waals surface area contributed by atoms with Gasteiger partial charge in [-0.2, -0.15) is 4.52 Å². The third kappa shape index (κ3) is 3.14. The number of hydrogen-bond acceptors (Lipinski definition) is 5. The largest absolute Gasteiger partial charge is 0.459 e. The zero-order valence-electron chi connectivity index (χ0n) is 17.3. The molecule has 1 aliphatic rings. The second-order valence-electron chi connectivity index (χ2n) is 8.23. The van der Waals surface area contributed by atoms with Crippen LogP contribution in [0.5, 0.6) is 0 Å². The van der Waals surface area contributed by atoms with E-state index in [0.29, 0.717) is 18.0 Å². The fraction of sp³-hybridized carbons (Fsp3) is 0.391. The Labute approximate surface area is 174 Å². The molecular weight excluding hydrogens is 378 g/mol. The van der Waals surface area contributed by atoms with Crippen LogP contribution in [-0.4, -0.2) is 36.9 Å². The van der Waals surface area contributed by atoms with Crippen molar-refractivity contribution in [2.24, 2.45) is 0 Å². The number of tetrazole rings is 1. The molecule has 7 nitrogen and oxygen atoms in total. The third-order valence-electron chi connectivity index (χ3n) is 6.38. The number of aryl methyl sites for hydroxylation is 2. The molecule has 0 atom stereocenters. The van der Waals surface area contributed by atoms with Crippen LogP contribution in [0.1, 0.15) is 59.3 Å². The maximum absolute atomic E-state index is 13.3. The van der Waals surface area contributed by atoms with E-state index in [4.69, 9.17) is 4.42 Å². The Morgan fingerprint density at radius 2 is 2.03 bits per heavy atom. The minimum absolute atomic E-state index is 0.0716. The first-order chi connectivity index (χ1) is 14.6. The molecule has 0 bridgehead atoms. The average Bonchev–Trinajstić information content (AvgIpc) is 3.47. The lowest BCUT2D eigenvalue weighted by Crippen LogP contribution is -2.41. The van der Waals surface area contributed by atoms with E-state index in [2.05, 4.69) is 47.6 Å². The topological polar surface area (TPSA) is 76.5 Å². The molecule has 1 aromatic carbocycles. The lowest BCUT2D eigenvalue weighted by atomic mass is 9.93. The second kappa shape index (κ2) is 7.55. The molecule has 1 saturated carbocycles. The van der Waals surface area contributed by atoms with Gasteiger partial charge in [-0.3, -0.25) is 4.79 Å². The minimum atomic E-state index is -0.0716. The minimum Gasteiger partial charge on any atom is -0.459 e. The number of rotatable bonds is 4. The van der Waals surface area contributed by atoms with Crippen molar-refractivity contribution >= 4 is 22.5 Å². The molecule has 0 spiro atoms. The Kier molecular flexibility index (Phi) is 4.73. The number of benzene rings is 1. The van der Waals surface area contributed by atoms with Crippen molar-refractivity contribution in [2.45, 2.75) is 58.5 Å². The molecule has 3 heterocycles. The van der Waals surface area contributed by atoms with Crippen molar-refractivity contribution in [3.63, 3.8) is 0 Å². The van der Waals surface area contributed by atoms with E-state index in [0.717, 1.165) is 47.7 Å². The molecule has 0 saturated heterocycles. The molecule has 1 fully saturated rings. The highest BCUT2D eigenvalue weighted by Gasteiger charge is 2.29. The number of furan rings is 1. The number of fused-ring (bicyclic) bond motifs is 3. The fourth-order valence-electron chi connectivity index (χ4n) is 4.61. The van der Waals surface area contributed by atoms with Gasteiger partial charge in [0, 0.05) is 17.0 Å². The maximum Gasteiger partial charge on any atom is 0.290 e. The van der Waals surface area contributed by atoms with E-state index in [9.17, 15) is 4.79 Å². The number of aromatic nitrogens is 4. The highest BCUT2D eigenvalue weighted by atomic mass is 16.3. The quantitative estimate of drug-likeness (QED) is 0.503. The predicted octanol–water partition coefficient (Wildman–Crippen LogP) is 4.46. The zero-order chi connectivity index (χ0) is 20.7. The van der Waals surface area contributed by atoms with Crippen LogP contribution in [0.15, 0.2) is 41.0 Å². The van der Waals surface area contributed by atoms with Crippen LogP contribution in [0.25, 0.3) is 16.6 Å². The third-order valence-corrected chi connectivity index (χ3v) is 6.38. The number of pyridine rings is 1. The molecule has 1 aliphatic carbocycles. The highest BCUT2D eigenvalue weighted by Crippen LogP contribution is 2.29. The molecule has 0 aliphatic heterocycles. The summed E-state index contributed by atoms with van der Waals surface area (Å²) in [5.41, 5.74) is 5.02. The van der Waals surface area contributed by atoms with Crippen LogP contribution in [0.4, 0.5) is 0 Å². The van der Waals surface area contributed by atoms with Gasteiger partial charge < -0.3 is 9.32 Å². The molecular formula is C23H25N5O2. The van der Waals surface area contributed by atoms with Crippen LogP contribution < -0.4 is 0 Å². The lowest BCUT2D eigenvalue weighted by molar-refractivity contribution is 0.0582. The van der Waals surface area contributed by atoms with E-state index < -0.39 is 0 Å². The van der Waals surface area contributed by atoms with Crippen LogP contribution >= 0.6 is 0 Å². The molecule has 154 valence electrons. The monoisotopic (exact) mass is 403 g/mol. The van der Waals surface area contributed by atoms with Crippen molar-refractivity contribution in [3.8, 4) is 0 Å². The van der Waals surface area contributed by atoms with E-state index >= 15 is 0 Å². The van der Waals surface area contributed by atoms with E-state index in [1.165, 1.54) is 12.0 Å². The number of hydrogen-bond donors (Lipinski definition) is 0. The number of nitrogens with zero attached hydrogens (tertiary/aromatic N) is 5. The molecule has 30 heavy (non-hydrogen) atoms. The van der Waals surface area contributed by atoms with Crippen molar-refractivity contribution in [1.82, 2.24) is 24.9 Å². The van der Waals surface area contributed by atoms with Crippen molar-refractivity contribution in [3.05, 3.63) is 59.0 Å². The Hall–Kier alpha value is -3.22. The van der Waals surface area contributed by atoms with Gasteiger partial charge in [-0.25, -0.2) is 0 Å². The normalized spacial score (nSPS) is 15.1. The second-order valence-corrected chi connectivity index (χ2v) is 8.23. The first-order valence-electron chi connectivity index (χ1n) is 10.6. The van der Waals surface area contributed by atoms with E-state index in [1.807, 2.05) is 9.42 Å². The molecule has 3 aromatic heterocycles. The van der Waals surface area contributed by atoms with Gasteiger partial charge in [0.15, 0.2) is 11.4 Å². The Bertz CT molecular complexity index is 1210. The van der Waals surface area contributed by atoms with E-state index in [-0.39, 0.29) is 11.9 Å². The van der Waals surface area contributed by atoms with Crippen molar-refractivity contribution in [1.29, 1.82) is 0 Å². The van der Waals surface area contributed by atoms with Crippen LogP contribution in [0, 0.1) is 13.8 Å². The van der Waals surface area contributed by atoms with Crippen molar-refractivity contribution in [2.75, 3.05) is 0 Å². The number of amides is 1. The Morgan fingerprint density at radius 3 is 2.80 bits per heavy atom. The van der Waals surface area contributed by atoms with E-state index in [1.54, 1.807) is 18.4 Å². The van der Waals surface area contributed by atoms with Gasteiger partial charge in [-0.05, 0) is 66.4 Å². The first-order valence-corrected chi connectivity index (χ1v) is 10.6. The average molecular weight is 403 g/mol. The smallest absolute Gasteiger partial charge is 0.290 e. The summed E-state index contributed by atoms with van der Waals surface area (Å²) in [5, 5.41) is 13.6. The Balaban J connectivity index is 1.61. The summed E-state index contributed by atoms with van der Waals surface area (Å²) in [4.78, 5) is 15.3. The summed E-state index contributed by atoms with van der Waals surface area (Å²) in [6.45, 7) is 4.63. The summed E-state index contributed by atoms with van der Waals surface area (Å²) >= 11 is 0. The lowest BCUT2D eigenvalue weighted by Gasteiger charge is -2.34. The fourth-order valence-corrected chi connectivity index (χ4v) is 4.61. The van der Waals surface area contributed by atoms with Gasteiger partial charge >= 0.3 is 0 Å². The summed E-state index contributed by atoms with van der Waals surface area (Å²) in [6, 6.07) is 10.0. The predicted molar refractivity (Wildman–Crippen MR) is 113 cm³/mol. The van der Waals surface area contributed by atoms with Crippen LogP contribution in [-0.2, 0) is 6.54 Å². The molecule has 1 amide bonds. The number of carbonyl (C=O) groups excluding carboxylic acids is 1. The van der Waals surface area contributed by atoms with Gasteiger partial charge in [0.05, 0.1) is 18.3 Å². The first kappa shape index (κ1) is 18.8. The molecule has 0 radical (unpaired) electrons. The van der Waals surface area contributed by atoms with Gasteiger partial charge in [-0.15, -0.1) is 5.10 Å². The summed E-state index contributed by atoms with van der Waals surface area (Å²) in [5.74, 6) is 0.307. The van der Waals surface area contributed by atoms with Gasteiger partial charge in [0.1, 0.15) is 0 Å². The molecule has 5 rings (SSSR count). The summed E-state index contributed by atoms with van der Waals surface area (Å²) < 4.78 is 7.25. The zero-order valence-corrected chi connectivity index (χ0v) is 17.3. The Morgan fingerprint density at radius 1 is 1.20 bits per heavy atom.